The molecule has 0 aliphatic heterocycles. The first-order valence-electron chi connectivity index (χ1n) is 5.04. The molecule has 0 aliphatic carbocycles. The van der Waals surface area contributed by atoms with Gasteiger partial charge >= 0.3 is 0 Å². The SMILES string of the molecule is C=C(CS)CSCc1cc(C)cc(C)c1. The Kier molecular flexibility index (Phi) is 5.34. The summed E-state index contributed by atoms with van der Waals surface area (Å²) in [6.45, 7) is 8.24. The molecule has 2 heteroatoms. The van der Waals surface area contributed by atoms with E-state index in [0.29, 0.717) is 0 Å². The van der Waals surface area contributed by atoms with Crippen molar-refractivity contribution in [3.05, 3.63) is 47.0 Å². The zero-order valence-electron chi connectivity index (χ0n) is 9.42. The van der Waals surface area contributed by atoms with Gasteiger partial charge in [-0.1, -0.05) is 41.5 Å². The Morgan fingerprint density at radius 3 is 2.40 bits per heavy atom. The molecular weight excluding hydrogens is 220 g/mol. The Balaban J connectivity index is 2.47. The number of hydrogen-bond donors (Lipinski definition) is 1. The van der Waals surface area contributed by atoms with Crippen molar-refractivity contribution >= 4 is 24.4 Å². The predicted molar refractivity (Wildman–Crippen MR) is 75.1 cm³/mol. The molecule has 0 saturated heterocycles. The zero-order chi connectivity index (χ0) is 11.3. The number of thiol groups is 1. The van der Waals surface area contributed by atoms with Gasteiger partial charge in [0.15, 0.2) is 0 Å². The molecule has 0 radical (unpaired) electrons. The molecule has 0 aromatic heterocycles. The van der Waals surface area contributed by atoms with Gasteiger partial charge in [-0.15, -0.1) is 0 Å². The third kappa shape index (κ3) is 4.80. The van der Waals surface area contributed by atoms with Crippen LogP contribution < -0.4 is 0 Å². The van der Waals surface area contributed by atoms with E-state index >= 15 is 0 Å². The van der Waals surface area contributed by atoms with Gasteiger partial charge in [0.25, 0.3) is 0 Å². The normalized spacial score (nSPS) is 10.3. The highest BCUT2D eigenvalue weighted by Crippen LogP contribution is 2.17. The van der Waals surface area contributed by atoms with Gasteiger partial charge < -0.3 is 0 Å². The van der Waals surface area contributed by atoms with Gasteiger partial charge in [0, 0.05) is 17.3 Å². The Hall–Kier alpha value is -0.340. The van der Waals surface area contributed by atoms with Gasteiger partial charge in [-0.25, -0.2) is 0 Å². The van der Waals surface area contributed by atoms with Crippen LogP contribution in [0.4, 0.5) is 0 Å². The second-order valence-electron chi connectivity index (χ2n) is 3.90. The van der Waals surface area contributed by atoms with Crippen LogP contribution in [0.5, 0.6) is 0 Å². The lowest BCUT2D eigenvalue weighted by atomic mass is 10.1. The van der Waals surface area contributed by atoms with E-state index in [-0.39, 0.29) is 0 Å². The van der Waals surface area contributed by atoms with E-state index in [0.717, 1.165) is 17.3 Å². The summed E-state index contributed by atoms with van der Waals surface area (Å²) < 4.78 is 0. The Morgan fingerprint density at radius 1 is 1.27 bits per heavy atom. The van der Waals surface area contributed by atoms with Gasteiger partial charge in [-0.3, -0.25) is 0 Å². The largest absolute Gasteiger partial charge is 0.175 e. The molecule has 1 aromatic rings. The molecule has 0 amide bonds. The van der Waals surface area contributed by atoms with Gasteiger partial charge in [0.05, 0.1) is 0 Å². The van der Waals surface area contributed by atoms with Crippen molar-refractivity contribution in [2.45, 2.75) is 19.6 Å². The first kappa shape index (κ1) is 12.7. The summed E-state index contributed by atoms with van der Waals surface area (Å²) in [4.78, 5) is 0. The lowest BCUT2D eigenvalue weighted by molar-refractivity contribution is 1.30. The summed E-state index contributed by atoms with van der Waals surface area (Å²) in [5.74, 6) is 2.87. The predicted octanol–water partition coefficient (Wildman–Crippen LogP) is 4.02. The molecule has 0 fully saturated rings. The number of rotatable bonds is 5. The fourth-order valence-corrected chi connectivity index (χ4v) is 2.67. The maximum atomic E-state index is 4.20. The number of hydrogen-bond acceptors (Lipinski definition) is 2. The Labute approximate surface area is 103 Å². The molecule has 0 aliphatic rings. The average Bonchev–Trinajstić information content (AvgIpc) is 2.16. The fraction of sp³-hybridized carbons (Fsp3) is 0.385. The van der Waals surface area contributed by atoms with Crippen molar-refractivity contribution in [1.82, 2.24) is 0 Å². The molecule has 1 rings (SSSR count). The van der Waals surface area contributed by atoms with E-state index in [1.165, 1.54) is 22.3 Å². The third-order valence-electron chi connectivity index (χ3n) is 2.08. The standard InChI is InChI=1S/C13H18S2/c1-10-4-11(2)6-13(5-10)9-15-8-12(3)7-14/h4-6,14H,3,7-9H2,1-2H3. The van der Waals surface area contributed by atoms with E-state index in [1.54, 1.807) is 0 Å². The minimum absolute atomic E-state index is 0.792. The molecule has 0 atom stereocenters. The molecule has 82 valence electrons. The van der Waals surface area contributed by atoms with E-state index in [1.807, 2.05) is 11.8 Å². The molecule has 1 aromatic carbocycles. The summed E-state index contributed by atoms with van der Waals surface area (Å²) in [7, 11) is 0. The molecule has 15 heavy (non-hydrogen) atoms. The van der Waals surface area contributed by atoms with Gasteiger partial charge in [0.1, 0.15) is 0 Å². The van der Waals surface area contributed by atoms with Crippen LogP contribution in [-0.2, 0) is 5.75 Å². The Bertz CT molecular complexity index is 322. The van der Waals surface area contributed by atoms with Crippen LogP contribution in [0.1, 0.15) is 16.7 Å². The number of benzene rings is 1. The van der Waals surface area contributed by atoms with Crippen molar-refractivity contribution in [2.24, 2.45) is 0 Å². The highest BCUT2D eigenvalue weighted by molar-refractivity contribution is 7.98. The van der Waals surface area contributed by atoms with E-state index < -0.39 is 0 Å². The first-order valence-corrected chi connectivity index (χ1v) is 6.83. The van der Waals surface area contributed by atoms with Crippen LogP contribution in [-0.4, -0.2) is 11.5 Å². The smallest absolute Gasteiger partial charge is 0.0187 e. The van der Waals surface area contributed by atoms with Gasteiger partial charge in [0.2, 0.25) is 0 Å². The second-order valence-corrected chi connectivity index (χ2v) is 5.20. The van der Waals surface area contributed by atoms with Crippen molar-refractivity contribution in [2.75, 3.05) is 11.5 Å². The number of aryl methyl sites for hydroxylation is 2. The third-order valence-corrected chi connectivity index (χ3v) is 3.68. The summed E-state index contributed by atoms with van der Waals surface area (Å²) >= 11 is 6.10. The minimum Gasteiger partial charge on any atom is -0.175 e. The van der Waals surface area contributed by atoms with Crippen molar-refractivity contribution in [1.29, 1.82) is 0 Å². The zero-order valence-corrected chi connectivity index (χ0v) is 11.1. The molecule has 0 saturated carbocycles. The van der Waals surface area contributed by atoms with E-state index in [4.69, 9.17) is 0 Å². The van der Waals surface area contributed by atoms with Crippen molar-refractivity contribution in [3.63, 3.8) is 0 Å². The maximum absolute atomic E-state index is 4.20. The fourth-order valence-electron chi connectivity index (χ4n) is 1.51. The molecule has 0 unspecified atom stereocenters. The van der Waals surface area contributed by atoms with Crippen LogP contribution in [0.2, 0.25) is 0 Å². The summed E-state index contributed by atoms with van der Waals surface area (Å²) in [5.41, 5.74) is 5.30. The molecule has 0 heterocycles. The molecular formula is C13H18S2. The minimum atomic E-state index is 0.792. The highest BCUT2D eigenvalue weighted by atomic mass is 32.2. The summed E-state index contributed by atoms with van der Waals surface area (Å²) in [5, 5.41) is 0. The van der Waals surface area contributed by atoms with Gasteiger partial charge in [-0.2, -0.15) is 24.4 Å². The van der Waals surface area contributed by atoms with E-state index in [9.17, 15) is 0 Å². The number of thioether (sulfide) groups is 1. The van der Waals surface area contributed by atoms with Crippen LogP contribution in [0.15, 0.2) is 30.4 Å². The summed E-state index contributed by atoms with van der Waals surface area (Å²) in [6.07, 6.45) is 0. The molecule has 0 spiro atoms. The van der Waals surface area contributed by atoms with Crippen molar-refractivity contribution < 1.29 is 0 Å². The topological polar surface area (TPSA) is 0 Å². The lowest BCUT2D eigenvalue weighted by Crippen LogP contribution is -1.90. The van der Waals surface area contributed by atoms with Crippen LogP contribution in [0.3, 0.4) is 0 Å². The molecule has 0 N–H and O–H groups in total. The molecule has 0 bridgehead atoms. The van der Waals surface area contributed by atoms with Crippen LogP contribution >= 0.6 is 24.4 Å². The van der Waals surface area contributed by atoms with Gasteiger partial charge in [-0.05, 0) is 19.4 Å². The van der Waals surface area contributed by atoms with E-state index in [2.05, 4.69) is 51.3 Å². The van der Waals surface area contributed by atoms with Crippen LogP contribution in [0.25, 0.3) is 0 Å². The molecule has 0 nitrogen and oxygen atoms in total. The first-order chi connectivity index (χ1) is 7.11. The lowest BCUT2D eigenvalue weighted by Gasteiger charge is -2.05. The monoisotopic (exact) mass is 238 g/mol. The Morgan fingerprint density at radius 2 is 1.87 bits per heavy atom. The van der Waals surface area contributed by atoms with Crippen LogP contribution in [0, 0.1) is 13.8 Å². The maximum Gasteiger partial charge on any atom is 0.0187 e. The summed E-state index contributed by atoms with van der Waals surface area (Å²) in [6, 6.07) is 6.72. The quantitative estimate of drug-likeness (QED) is 0.597. The average molecular weight is 238 g/mol. The second kappa shape index (κ2) is 6.29. The van der Waals surface area contributed by atoms with Crippen molar-refractivity contribution in [3.8, 4) is 0 Å². The highest BCUT2D eigenvalue weighted by Gasteiger charge is 1.97.